The number of fused-ring (bicyclic) bond motifs is 1. The Morgan fingerprint density at radius 2 is 1.68 bits per heavy atom. The Kier molecular flexibility index (Phi) is 5.77. The third kappa shape index (κ3) is 4.05. The molecule has 0 bridgehead atoms. The lowest BCUT2D eigenvalue weighted by molar-refractivity contribution is -0.158. The molecule has 28 heavy (non-hydrogen) atoms. The van der Waals surface area contributed by atoms with Crippen LogP contribution in [0.4, 0.5) is 5.69 Å². The van der Waals surface area contributed by atoms with Crippen molar-refractivity contribution >= 4 is 29.4 Å². The van der Waals surface area contributed by atoms with Crippen molar-refractivity contribution in [1.82, 2.24) is 4.90 Å². The number of allylic oxidation sites excluding steroid dienone is 2. The Morgan fingerprint density at radius 1 is 1.11 bits per heavy atom. The van der Waals surface area contributed by atoms with E-state index in [2.05, 4.69) is 5.32 Å². The van der Waals surface area contributed by atoms with Crippen molar-refractivity contribution in [2.24, 2.45) is 11.8 Å². The first-order chi connectivity index (χ1) is 13.4. The van der Waals surface area contributed by atoms with Crippen molar-refractivity contribution < 1.29 is 28.7 Å². The van der Waals surface area contributed by atoms with E-state index >= 15 is 0 Å². The van der Waals surface area contributed by atoms with E-state index in [0.29, 0.717) is 24.3 Å². The Morgan fingerprint density at radius 3 is 2.21 bits per heavy atom. The average Bonchev–Trinajstić information content (AvgIpc) is 2.93. The maximum absolute atomic E-state index is 12.4. The second kappa shape index (κ2) is 8.24. The van der Waals surface area contributed by atoms with E-state index in [1.807, 2.05) is 12.2 Å². The molecule has 0 aromatic heterocycles. The largest absolute Gasteiger partial charge is 0.497 e. The van der Waals surface area contributed by atoms with Crippen LogP contribution in [0.25, 0.3) is 0 Å². The molecule has 0 radical (unpaired) electrons. The van der Waals surface area contributed by atoms with Gasteiger partial charge < -0.3 is 14.8 Å². The predicted molar refractivity (Wildman–Crippen MR) is 99.3 cm³/mol. The number of amides is 3. The van der Waals surface area contributed by atoms with Gasteiger partial charge in [-0.05, 0) is 44.0 Å². The molecule has 148 valence electrons. The molecular weight excluding hydrogens is 364 g/mol. The lowest BCUT2D eigenvalue weighted by atomic mass is 9.85. The number of nitrogens with zero attached hydrogens (tertiary/aromatic N) is 1. The first-order valence-electron chi connectivity index (χ1n) is 9.05. The Bertz CT molecular complexity index is 790. The van der Waals surface area contributed by atoms with E-state index in [1.165, 1.54) is 14.0 Å². The fourth-order valence-electron chi connectivity index (χ4n) is 3.36. The number of methoxy groups -OCH3 is 1. The zero-order valence-electron chi connectivity index (χ0n) is 15.7. The summed E-state index contributed by atoms with van der Waals surface area (Å²) < 4.78 is 10.1. The molecule has 1 aromatic carbocycles. The first-order valence-corrected chi connectivity index (χ1v) is 9.05. The quantitative estimate of drug-likeness (QED) is 0.452. The summed E-state index contributed by atoms with van der Waals surface area (Å²) in [6, 6.07) is 6.68. The highest BCUT2D eigenvalue weighted by atomic mass is 16.5. The second-order valence-electron chi connectivity index (χ2n) is 6.77. The molecule has 8 heteroatoms. The molecule has 3 atom stereocenters. The number of nitrogens with one attached hydrogen (secondary N) is 1. The topological polar surface area (TPSA) is 102 Å². The van der Waals surface area contributed by atoms with Crippen molar-refractivity contribution in [2.45, 2.75) is 25.9 Å². The predicted octanol–water partition coefficient (Wildman–Crippen LogP) is 1.52. The minimum atomic E-state index is -1.08. The lowest BCUT2D eigenvalue weighted by Gasteiger charge is -2.17. The van der Waals surface area contributed by atoms with Crippen molar-refractivity contribution in [1.29, 1.82) is 0 Å². The van der Waals surface area contributed by atoms with Gasteiger partial charge in [0.05, 0.1) is 18.9 Å². The molecular formula is C20H22N2O6. The van der Waals surface area contributed by atoms with E-state index in [-0.39, 0.29) is 11.8 Å². The molecule has 1 saturated heterocycles. The third-order valence-electron chi connectivity index (χ3n) is 4.92. The summed E-state index contributed by atoms with van der Waals surface area (Å²) in [5.74, 6) is -2.19. The summed E-state index contributed by atoms with van der Waals surface area (Å²) in [5, 5.41) is 2.62. The van der Waals surface area contributed by atoms with Crippen molar-refractivity contribution in [2.75, 3.05) is 19.0 Å². The Balaban J connectivity index is 1.53. The molecule has 1 aromatic rings. The molecule has 3 amide bonds. The number of likely N-dealkylation sites (tertiary alicyclic amines) is 1. The highest BCUT2D eigenvalue weighted by Crippen LogP contribution is 2.34. The molecule has 3 rings (SSSR count). The number of carbonyl (C=O) groups is 4. The van der Waals surface area contributed by atoms with Crippen LogP contribution in [0.1, 0.15) is 19.8 Å². The van der Waals surface area contributed by atoms with Gasteiger partial charge >= 0.3 is 5.97 Å². The zero-order chi connectivity index (χ0) is 20.3. The molecule has 1 N–H and O–H groups in total. The smallest absolute Gasteiger partial charge is 0.326 e. The van der Waals surface area contributed by atoms with Crippen LogP contribution in [-0.4, -0.2) is 48.3 Å². The van der Waals surface area contributed by atoms with E-state index in [4.69, 9.17) is 9.47 Å². The zero-order valence-corrected chi connectivity index (χ0v) is 15.7. The maximum atomic E-state index is 12.4. The number of hydrogen-bond donors (Lipinski definition) is 1. The summed E-state index contributed by atoms with van der Waals surface area (Å²) in [7, 11) is 1.54. The van der Waals surface area contributed by atoms with Crippen LogP contribution in [0, 0.1) is 11.8 Å². The fraction of sp³-hybridized carbons (Fsp3) is 0.400. The van der Waals surface area contributed by atoms with Crippen LogP contribution < -0.4 is 10.1 Å². The van der Waals surface area contributed by atoms with Crippen LogP contribution in [0.5, 0.6) is 5.75 Å². The van der Waals surface area contributed by atoms with Crippen molar-refractivity contribution in [3.63, 3.8) is 0 Å². The molecule has 8 nitrogen and oxygen atoms in total. The summed E-state index contributed by atoms with van der Waals surface area (Å²) in [6.07, 6.45) is 3.67. The SMILES string of the molecule is COc1ccc(NC(=O)[C@H](C)OC(=O)CN2C(=O)[C@H]3CC=CC[C@H]3C2=O)cc1. The van der Waals surface area contributed by atoms with Gasteiger partial charge in [0.1, 0.15) is 12.3 Å². The summed E-state index contributed by atoms with van der Waals surface area (Å²) >= 11 is 0. The maximum Gasteiger partial charge on any atom is 0.326 e. The molecule has 0 unspecified atom stereocenters. The molecule has 0 saturated carbocycles. The van der Waals surface area contributed by atoms with Crippen LogP contribution in [0.2, 0.25) is 0 Å². The summed E-state index contributed by atoms with van der Waals surface area (Å²) in [4.78, 5) is 50.1. The van der Waals surface area contributed by atoms with Crippen LogP contribution in [-0.2, 0) is 23.9 Å². The van der Waals surface area contributed by atoms with Crippen molar-refractivity contribution in [3.05, 3.63) is 36.4 Å². The average molecular weight is 386 g/mol. The number of anilines is 1. The van der Waals surface area contributed by atoms with E-state index < -0.39 is 36.4 Å². The third-order valence-corrected chi connectivity index (χ3v) is 4.92. The minimum absolute atomic E-state index is 0.355. The second-order valence-corrected chi connectivity index (χ2v) is 6.77. The monoisotopic (exact) mass is 386 g/mol. The van der Waals surface area contributed by atoms with Gasteiger partial charge in [-0.15, -0.1) is 0 Å². The molecule has 1 heterocycles. The number of rotatable bonds is 6. The van der Waals surface area contributed by atoms with E-state index in [1.54, 1.807) is 24.3 Å². The van der Waals surface area contributed by atoms with Gasteiger partial charge in [-0.2, -0.15) is 0 Å². The van der Waals surface area contributed by atoms with Gasteiger partial charge in [-0.25, -0.2) is 0 Å². The summed E-state index contributed by atoms with van der Waals surface area (Å²) in [6.45, 7) is 0.943. The van der Waals surface area contributed by atoms with E-state index in [9.17, 15) is 19.2 Å². The molecule has 2 aliphatic rings. The van der Waals surface area contributed by atoms with Crippen LogP contribution in [0.15, 0.2) is 36.4 Å². The summed E-state index contributed by atoms with van der Waals surface area (Å²) in [5.41, 5.74) is 0.523. The fourth-order valence-corrected chi connectivity index (χ4v) is 3.36. The highest BCUT2D eigenvalue weighted by molar-refractivity contribution is 6.07. The van der Waals surface area contributed by atoms with Gasteiger partial charge in [0.25, 0.3) is 5.91 Å². The van der Waals surface area contributed by atoms with Crippen molar-refractivity contribution in [3.8, 4) is 5.75 Å². The number of esters is 1. The number of benzene rings is 1. The number of ether oxygens (including phenoxy) is 2. The van der Waals surface area contributed by atoms with Gasteiger partial charge in [0.15, 0.2) is 6.10 Å². The number of carbonyl (C=O) groups excluding carboxylic acids is 4. The van der Waals surface area contributed by atoms with E-state index in [0.717, 1.165) is 4.90 Å². The van der Waals surface area contributed by atoms with Gasteiger partial charge in [-0.1, -0.05) is 12.2 Å². The molecule has 1 fully saturated rings. The first kappa shape index (κ1) is 19.6. The normalized spacial score (nSPS) is 21.9. The highest BCUT2D eigenvalue weighted by Gasteiger charge is 2.47. The minimum Gasteiger partial charge on any atom is -0.497 e. The molecule has 1 aliphatic heterocycles. The van der Waals surface area contributed by atoms with Crippen LogP contribution in [0.3, 0.4) is 0 Å². The standard InChI is InChI=1S/C20H22N2O6/c1-12(18(24)21-13-7-9-14(27-2)10-8-13)28-17(23)11-22-19(25)15-5-3-4-6-16(15)20(22)26/h3-4,7-10,12,15-16H,5-6,11H2,1-2H3,(H,21,24)/t12-,15-,16+/m0/s1. The van der Waals surface area contributed by atoms with Crippen LogP contribution >= 0.6 is 0 Å². The van der Waals surface area contributed by atoms with Gasteiger partial charge in [0.2, 0.25) is 11.8 Å². The lowest BCUT2D eigenvalue weighted by Crippen LogP contribution is -2.39. The molecule has 1 aliphatic carbocycles. The number of hydrogen-bond acceptors (Lipinski definition) is 6. The Labute approximate surface area is 162 Å². The van der Waals surface area contributed by atoms with Gasteiger partial charge in [-0.3, -0.25) is 24.1 Å². The Hall–Kier alpha value is -3.16. The molecule has 0 spiro atoms. The van der Waals surface area contributed by atoms with Gasteiger partial charge in [0, 0.05) is 5.69 Å². The number of imide groups is 1.